The van der Waals surface area contributed by atoms with E-state index < -0.39 is 5.97 Å². The monoisotopic (exact) mass is 278 g/mol. The highest BCUT2D eigenvalue weighted by molar-refractivity contribution is 5.89. The Kier molecular flexibility index (Phi) is 4.95. The summed E-state index contributed by atoms with van der Waals surface area (Å²) in [6, 6.07) is 9.15. The average molecular weight is 278 g/mol. The summed E-state index contributed by atoms with van der Waals surface area (Å²) >= 11 is 0. The second-order valence-electron chi connectivity index (χ2n) is 4.69. The molecular weight excluding hydrogens is 260 g/mol. The molecule has 20 heavy (non-hydrogen) atoms. The number of carbonyl (C=O) groups excluding carboxylic acids is 1. The number of urea groups is 1. The van der Waals surface area contributed by atoms with Gasteiger partial charge in [-0.2, -0.15) is 0 Å². The molecule has 1 fully saturated rings. The summed E-state index contributed by atoms with van der Waals surface area (Å²) in [6.45, 7) is 0.868. The van der Waals surface area contributed by atoms with Crippen LogP contribution in [0.4, 0.5) is 10.5 Å². The quantitative estimate of drug-likeness (QED) is 0.880. The van der Waals surface area contributed by atoms with Crippen molar-refractivity contribution in [2.75, 3.05) is 25.0 Å². The maximum atomic E-state index is 12.0. The van der Waals surface area contributed by atoms with Crippen molar-refractivity contribution >= 4 is 17.7 Å². The van der Waals surface area contributed by atoms with Gasteiger partial charge in [0.15, 0.2) is 0 Å². The Morgan fingerprint density at radius 3 is 2.50 bits per heavy atom. The minimum absolute atomic E-state index is 0.0770. The molecule has 0 bridgehead atoms. The number of para-hydroxylation sites is 1. The van der Waals surface area contributed by atoms with Gasteiger partial charge in [-0.3, -0.25) is 0 Å². The fourth-order valence-corrected chi connectivity index (χ4v) is 2.14. The average Bonchev–Trinajstić information content (AvgIpc) is 2.46. The Labute approximate surface area is 117 Å². The number of hydrogen-bond acceptors (Lipinski definition) is 3. The zero-order valence-electron chi connectivity index (χ0n) is 11.1. The third kappa shape index (κ3) is 4.24. The van der Waals surface area contributed by atoms with Gasteiger partial charge >= 0.3 is 12.0 Å². The molecule has 0 atom stereocenters. The fourth-order valence-electron chi connectivity index (χ4n) is 2.14. The molecule has 1 aromatic rings. The van der Waals surface area contributed by atoms with Gasteiger partial charge in [0.25, 0.3) is 0 Å². The second-order valence-corrected chi connectivity index (χ2v) is 4.69. The Balaban J connectivity index is 1.76. The number of carboxylic acids is 1. The van der Waals surface area contributed by atoms with E-state index in [1.165, 1.54) is 0 Å². The van der Waals surface area contributed by atoms with E-state index in [0.717, 1.165) is 5.69 Å². The van der Waals surface area contributed by atoms with Gasteiger partial charge in [0, 0.05) is 18.8 Å². The highest BCUT2D eigenvalue weighted by Crippen LogP contribution is 2.15. The van der Waals surface area contributed by atoms with Crippen LogP contribution in [0, 0.1) is 0 Å². The molecule has 1 saturated heterocycles. The Bertz CT molecular complexity index is 456. The molecule has 2 N–H and O–H groups in total. The number of carbonyl (C=O) groups is 2. The predicted molar refractivity (Wildman–Crippen MR) is 73.6 cm³/mol. The minimum Gasteiger partial charge on any atom is -0.480 e. The standard InChI is InChI=1S/C14H18N2O4/c17-13(18)10-20-12-6-8-16(9-7-12)14(19)15-11-4-2-1-3-5-11/h1-5,12H,6-10H2,(H,15,19)(H,17,18). The topological polar surface area (TPSA) is 78.9 Å². The van der Waals surface area contributed by atoms with E-state index in [9.17, 15) is 9.59 Å². The Morgan fingerprint density at radius 2 is 1.90 bits per heavy atom. The number of carboxylic acid groups (broad SMARTS) is 1. The van der Waals surface area contributed by atoms with Crippen LogP contribution in [0.5, 0.6) is 0 Å². The molecule has 0 saturated carbocycles. The molecule has 0 radical (unpaired) electrons. The largest absolute Gasteiger partial charge is 0.480 e. The number of ether oxygens (including phenoxy) is 1. The number of rotatable bonds is 4. The van der Waals surface area contributed by atoms with Crippen LogP contribution in [0.2, 0.25) is 0 Å². The van der Waals surface area contributed by atoms with E-state index in [1.807, 2.05) is 30.3 Å². The van der Waals surface area contributed by atoms with Crippen LogP contribution in [0.15, 0.2) is 30.3 Å². The lowest BCUT2D eigenvalue weighted by Gasteiger charge is -2.31. The van der Waals surface area contributed by atoms with Gasteiger partial charge in [-0.1, -0.05) is 18.2 Å². The summed E-state index contributed by atoms with van der Waals surface area (Å²) in [4.78, 5) is 24.2. The predicted octanol–water partition coefficient (Wildman–Crippen LogP) is 1.78. The van der Waals surface area contributed by atoms with Crippen LogP contribution in [-0.4, -0.2) is 47.8 Å². The van der Waals surface area contributed by atoms with E-state index >= 15 is 0 Å². The third-order valence-electron chi connectivity index (χ3n) is 3.20. The lowest BCUT2D eigenvalue weighted by molar-refractivity contribution is -0.145. The summed E-state index contributed by atoms with van der Waals surface area (Å²) in [7, 11) is 0. The Hall–Kier alpha value is -2.08. The van der Waals surface area contributed by atoms with Crippen molar-refractivity contribution in [2.45, 2.75) is 18.9 Å². The first-order valence-electron chi connectivity index (χ1n) is 6.59. The van der Waals surface area contributed by atoms with E-state index in [-0.39, 0.29) is 18.7 Å². The first-order chi connectivity index (χ1) is 9.65. The lowest BCUT2D eigenvalue weighted by atomic mass is 10.1. The van der Waals surface area contributed by atoms with Gasteiger partial charge in [0.2, 0.25) is 0 Å². The molecule has 2 rings (SSSR count). The summed E-state index contributed by atoms with van der Waals surface area (Å²) in [5.74, 6) is -0.964. The van der Waals surface area contributed by atoms with Gasteiger partial charge < -0.3 is 20.1 Å². The number of hydrogen-bond donors (Lipinski definition) is 2. The molecule has 6 heteroatoms. The van der Waals surface area contributed by atoms with Crippen molar-refractivity contribution in [2.24, 2.45) is 0 Å². The smallest absolute Gasteiger partial charge is 0.329 e. The van der Waals surface area contributed by atoms with Crippen molar-refractivity contribution in [1.82, 2.24) is 4.90 Å². The Morgan fingerprint density at radius 1 is 1.25 bits per heavy atom. The molecule has 0 unspecified atom stereocenters. The van der Waals surface area contributed by atoms with E-state index in [0.29, 0.717) is 25.9 Å². The first kappa shape index (κ1) is 14.3. The number of nitrogens with zero attached hydrogens (tertiary/aromatic N) is 1. The van der Waals surface area contributed by atoms with Crippen LogP contribution in [0.3, 0.4) is 0 Å². The molecule has 0 aromatic heterocycles. The number of anilines is 1. The molecule has 1 aromatic carbocycles. The maximum Gasteiger partial charge on any atom is 0.329 e. The van der Waals surface area contributed by atoms with Crippen molar-refractivity contribution in [3.63, 3.8) is 0 Å². The number of amides is 2. The summed E-state index contributed by atoms with van der Waals surface area (Å²) in [6.07, 6.45) is 1.25. The zero-order valence-corrected chi connectivity index (χ0v) is 11.1. The summed E-state index contributed by atoms with van der Waals surface area (Å²) < 4.78 is 5.23. The van der Waals surface area contributed by atoms with E-state index in [1.54, 1.807) is 4.90 Å². The van der Waals surface area contributed by atoms with Crippen LogP contribution in [0.1, 0.15) is 12.8 Å². The van der Waals surface area contributed by atoms with Gasteiger partial charge in [0.05, 0.1) is 6.10 Å². The molecule has 6 nitrogen and oxygen atoms in total. The number of nitrogens with one attached hydrogen (secondary N) is 1. The number of likely N-dealkylation sites (tertiary alicyclic amines) is 1. The SMILES string of the molecule is O=C(O)COC1CCN(C(=O)Nc2ccccc2)CC1. The molecule has 0 spiro atoms. The number of aliphatic carboxylic acids is 1. The van der Waals surface area contributed by atoms with Crippen molar-refractivity contribution in [3.05, 3.63) is 30.3 Å². The molecule has 2 amide bonds. The second kappa shape index (κ2) is 6.91. The van der Waals surface area contributed by atoms with E-state index in [4.69, 9.17) is 9.84 Å². The van der Waals surface area contributed by atoms with Crippen LogP contribution >= 0.6 is 0 Å². The third-order valence-corrected chi connectivity index (χ3v) is 3.20. The lowest BCUT2D eigenvalue weighted by Crippen LogP contribution is -2.43. The molecule has 0 aliphatic carbocycles. The van der Waals surface area contributed by atoms with Crippen molar-refractivity contribution in [3.8, 4) is 0 Å². The summed E-state index contributed by atoms with van der Waals surface area (Å²) in [5.41, 5.74) is 0.766. The van der Waals surface area contributed by atoms with Crippen LogP contribution < -0.4 is 5.32 Å². The van der Waals surface area contributed by atoms with Gasteiger partial charge in [-0.25, -0.2) is 9.59 Å². The number of benzene rings is 1. The van der Waals surface area contributed by atoms with Crippen molar-refractivity contribution < 1.29 is 19.4 Å². The molecule has 1 aliphatic heterocycles. The maximum absolute atomic E-state index is 12.0. The highest BCUT2D eigenvalue weighted by Gasteiger charge is 2.23. The van der Waals surface area contributed by atoms with Crippen molar-refractivity contribution in [1.29, 1.82) is 0 Å². The van der Waals surface area contributed by atoms with Gasteiger partial charge in [-0.05, 0) is 25.0 Å². The van der Waals surface area contributed by atoms with Gasteiger partial charge in [-0.15, -0.1) is 0 Å². The zero-order chi connectivity index (χ0) is 14.4. The van der Waals surface area contributed by atoms with Crippen LogP contribution in [-0.2, 0) is 9.53 Å². The van der Waals surface area contributed by atoms with Gasteiger partial charge in [0.1, 0.15) is 6.61 Å². The minimum atomic E-state index is -0.964. The molecule has 1 aliphatic rings. The molecular formula is C14H18N2O4. The number of piperidine rings is 1. The summed E-state index contributed by atoms with van der Waals surface area (Å²) in [5, 5.41) is 11.4. The highest BCUT2D eigenvalue weighted by atomic mass is 16.5. The van der Waals surface area contributed by atoms with Crippen LogP contribution in [0.25, 0.3) is 0 Å². The first-order valence-corrected chi connectivity index (χ1v) is 6.59. The van der Waals surface area contributed by atoms with E-state index in [2.05, 4.69) is 5.32 Å². The fraction of sp³-hybridized carbons (Fsp3) is 0.429. The molecule has 108 valence electrons. The normalized spacial score (nSPS) is 15.9. The molecule has 1 heterocycles.